The second-order valence-corrected chi connectivity index (χ2v) is 4.43. The molecule has 1 saturated heterocycles. The van der Waals surface area contributed by atoms with Crippen LogP contribution in [0.4, 0.5) is 16.2 Å². The van der Waals surface area contributed by atoms with Crippen molar-refractivity contribution in [2.24, 2.45) is 0 Å². The number of carbonyl (C=O) groups is 1. The van der Waals surface area contributed by atoms with E-state index in [1.807, 2.05) is 0 Å². The largest absolute Gasteiger partial charge is 0.358 e. The topological polar surface area (TPSA) is 93.5 Å². The molecule has 8 heteroatoms. The van der Waals surface area contributed by atoms with Crippen LogP contribution in [0.25, 0.3) is 0 Å². The molecule has 0 aromatic heterocycles. The van der Waals surface area contributed by atoms with E-state index in [4.69, 9.17) is 16.3 Å². The van der Waals surface area contributed by atoms with Crippen molar-refractivity contribution in [3.05, 3.63) is 33.3 Å². The van der Waals surface area contributed by atoms with E-state index in [2.05, 4.69) is 10.6 Å². The summed E-state index contributed by atoms with van der Waals surface area (Å²) < 4.78 is 5.24. The van der Waals surface area contributed by atoms with Crippen molar-refractivity contribution in [2.45, 2.75) is 19.1 Å². The van der Waals surface area contributed by atoms with Crippen molar-refractivity contribution in [2.75, 3.05) is 11.9 Å². The number of nitrogens with zero attached hydrogens (tertiary/aromatic N) is 1. The summed E-state index contributed by atoms with van der Waals surface area (Å²) in [5.41, 5.74) is 0.0446. The number of ether oxygens (including phenoxy) is 1. The number of nitro groups is 1. The molecule has 1 atom stereocenters. The van der Waals surface area contributed by atoms with Crippen LogP contribution < -0.4 is 10.6 Å². The maximum atomic E-state index is 11.6. The van der Waals surface area contributed by atoms with Crippen molar-refractivity contribution in [3.8, 4) is 0 Å². The van der Waals surface area contributed by atoms with Crippen LogP contribution in [0.3, 0.4) is 0 Å². The first-order chi connectivity index (χ1) is 9.06. The summed E-state index contributed by atoms with van der Waals surface area (Å²) in [4.78, 5) is 21.7. The lowest BCUT2D eigenvalue weighted by Crippen LogP contribution is -2.37. The van der Waals surface area contributed by atoms with E-state index in [-0.39, 0.29) is 16.9 Å². The number of carbonyl (C=O) groups excluding carboxylic acids is 1. The number of nitrogens with one attached hydrogen (secondary N) is 2. The number of nitro benzene ring substituents is 1. The fourth-order valence-corrected chi connectivity index (χ4v) is 1.92. The molecule has 1 aromatic carbocycles. The van der Waals surface area contributed by atoms with E-state index < -0.39 is 11.0 Å². The predicted molar refractivity (Wildman–Crippen MR) is 69.2 cm³/mol. The fourth-order valence-electron chi connectivity index (χ4n) is 1.74. The zero-order valence-electron chi connectivity index (χ0n) is 9.89. The Hall–Kier alpha value is -1.86. The molecule has 1 fully saturated rings. The van der Waals surface area contributed by atoms with Crippen molar-refractivity contribution >= 4 is 29.0 Å². The highest BCUT2D eigenvalue weighted by atomic mass is 35.5. The van der Waals surface area contributed by atoms with Gasteiger partial charge in [-0.15, -0.1) is 0 Å². The van der Waals surface area contributed by atoms with E-state index in [1.165, 1.54) is 18.2 Å². The van der Waals surface area contributed by atoms with Crippen LogP contribution in [0.2, 0.25) is 5.02 Å². The molecule has 0 aliphatic carbocycles. The fraction of sp³-hybridized carbons (Fsp3) is 0.364. The van der Waals surface area contributed by atoms with Gasteiger partial charge in [-0.05, 0) is 25.0 Å². The molecule has 1 aliphatic rings. The number of anilines is 1. The lowest BCUT2D eigenvalue weighted by atomic mass is 10.3. The third-order valence-corrected chi connectivity index (χ3v) is 2.94. The Labute approximate surface area is 114 Å². The van der Waals surface area contributed by atoms with E-state index in [0.29, 0.717) is 12.3 Å². The zero-order chi connectivity index (χ0) is 13.8. The van der Waals surface area contributed by atoms with E-state index in [0.717, 1.165) is 12.8 Å². The van der Waals surface area contributed by atoms with Gasteiger partial charge >= 0.3 is 6.03 Å². The van der Waals surface area contributed by atoms with Crippen molar-refractivity contribution in [3.63, 3.8) is 0 Å². The lowest BCUT2D eigenvalue weighted by molar-refractivity contribution is -0.384. The second-order valence-electron chi connectivity index (χ2n) is 4.02. The number of hydrogen-bond donors (Lipinski definition) is 2. The van der Waals surface area contributed by atoms with Gasteiger partial charge in [-0.3, -0.25) is 10.1 Å². The summed E-state index contributed by atoms with van der Waals surface area (Å²) >= 11 is 5.68. The molecule has 1 heterocycles. The number of urea groups is 1. The summed E-state index contributed by atoms with van der Waals surface area (Å²) in [7, 11) is 0. The smallest absolute Gasteiger partial charge is 0.321 e. The number of benzene rings is 1. The Morgan fingerprint density at radius 1 is 1.53 bits per heavy atom. The number of hydrogen-bond acceptors (Lipinski definition) is 4. The summed E-state index contributed by atoms with van der Waals surface area (Å²) in [5, 5.41) is 15.8. The number of amides is 2. The van der Waals surface area contributed by atoms with E-state index in [9.17, 15) is 14.9 Å². The summed E-state index contributed by atoms with van der Waals surface area (Å²) in [6.07, 6.45) is 1.35. The van der Waals surface area contributed by atoms with E-state index in [1.54, 1.807) is 0 Å². The van der Waals surface area contributed by atoms with Gasteiger partial charge in [-0.2, -0.15) is 0 Å². The van der Waals surface area contributed by atoms with Crippen LogP contribution in [0.5, 0.6) is 0 Å². The van der Waals surface area contributed by atoms with Gasteiger partial charge in [-0.1, -0.05) is 11.6 Å². The molecular formula is C11H12ClN3O4. The van der Waals surface area contributed by atoms with Crippen LogP contribution >= 0.6 is 11.6 Å². The minimum Gasteiger partial charge on any atom is -0.358 e. The Morgan fingerprint density at radius 2 is 2.32 bits per heavy atom. The number of halogens is 1. The molecule has 2 N–H and O–H groups in total. The first kappa shape index (κ1) is 13.6. The molecule has 0 radical (unpaired) electrons. The first-order valence-corrected chi connectivity index (χ1v) is 6.07. The molecule has 7 nitrogen and oxygen atoms in total. The molecule has 0 saturated carbocycles. The van der Waals surface area contributed by atoms with Gasteiger partial charge in [0.05, 0.1) is 4.92 Å². The van der Waals surface area contributed by atoms with Gasteiger partial charge in [0.1, 0.15) is 11.3 Å². The van der Waals surface area contributed by atoms with Gasteiger partial charge in [0, 0.05) is 18.4 Å². The first-order valence-electron chi connectivity index (χ1n) is 5.69. The lowest BCUT2D eigenvalue weighted by Gasteiger charge is -2.12. The van der Waals surface area contributed by atoms with Gasteiger partial charge < -0.3 is 15.4 Å². The molecule has 2 amide bonds. The highest BCUT2D eigenvalue weighted by molar-refractivity contribution is 6.32. The highest BCUT2D eigenvalue weighted by Gasteiger charge is 2.18. The van der Waals surface area contributed by atoms with Crippen LogP contribution in [-0.2, 0) is 4.74 Å². The third kappa shape index (κ3) is 3.55. The molecule has 19 heavy (non-hydrogen) atoms. The highest BCUT2D eigenvalue weighted by Crippen LogP contribution is 2.27. The van der Waals surface area contributed by atoms with Crippen LogP contribution in [0.15, 0.2) is 18.2 Å². The molecule has 1 aromatic rings. The SMILES string of the molecule is O=C(Nc1ccc(Cl)c([N+](=O)[O-])c1)NC1CCCO1. The predicted octanol–water partition coefficient (Wildman–Crippen LogP) is 2.51. The minimum absolute atomic E-state index is 0.0232. The maximum absolute atomic E-state index is 11.6. The van der Waals surface area contributed by atoms with Gasteiger partial charge in [0.25, 0.3) is 5.69 Å². The normalized spacial score (nSPS) is 18.1. The molecule has 0 bridgehead atoms. The Kier molecular flexibility index (Phi) is 4.18. The molecule has 102 valence electrons. The van der Waals surface area contributed by atoms with Gasteiger partial charge in [0.2, 0.25) is 0 Å². The monoisotopic (exact) mass is 285 g/mol. The van der Waals surface area contributed by atoms with Crippen LogP contribution in [0, 0.1) is 10.1 Å². The quantitative estimate of drug-likeness (QED) is 0.659. The molecule has 2 rings (SSSR count). The summed E-state index contributed by atoms with van der Waals surface area (Å²) in [6.45, 7) is 0.622. The van der Waals surface area contributed by atoms with Gasteiger partial charge in [0.15, 0.2) is 0 Å². The Bertz CT molecular complexity index is 503. The number of rotatable bonds is 3. The standard InChI is InChI=1S/C11H12ClN3O4/c12-8-4-3-7(6-9(8)15(17)18)13-11(16)14-10-2-1-5-19-10/h3-4,6,10H,1-2,5H2,(H2,13,14,16). The summed E-state index contributed by atoms with van der Waals surface area (Å²) in [6, 6.07) is 3.59. The third-order valence-electron chi connectivity index (χ3n) is 2.62. The van der Waals surface area contributed by atoms with Crippen molar-refractivity contribution in [1.82, 2.24) is 5.32 Å². The average molecular weight is 286 g/mol. The molecule has 0 spiro atoms. The molecule has 1 aliphatic heterocycles. The molecule has 1 unspecified atom stereocenters. The van der Waals surface area contributed by atoms with Gasteiger partial charge in [-0.25, -0.2) is 4.79 Å². The summed E-state index contributed by atoms with van der Waals surface area (Å²) in [5.74, 6) is 0. The van der Waals surface area contributed by atoms with Crippen molar-refractivity contribution in [1.29, 1.82) is 0 Å². The Morgan fingerprint density at radius 3 is 2.95 bits per heavy atom. The maximum Gasteiger partial charge on any atom is 0.321 e. The van der Waals surface area contributed by atoms with Crippen LogP contribution in [-0.4, -0.2) is 23.8 Å². The van der Waals surface area contributed by atoms with Crippen LogP contribution in [0.1, 0.15) is 12.8 Å². The van der Waals surface area contributed by atoms with Crippen molar-refractivity contribution < 1.29 is 14.5 Å². The average Bonchev–Trinajstić information content (AvgIpc) is 2.84. The second kappa shape index (κ2) is 5.85. The van der Waals surface area contributed by atoms with E-state index >= 15 is 0 Å². The molecular weight excluding hydrogens is 274 g/mol. The minimum atomic E-state index is -0.606. The zero-order valence-corrected chi connectivity index (χ0v) is 10.6. The Balaban J connectivity index is 2.00.